The molecule has 0 aliphatic rings. The van der Waals surface area contributed by atoms with Gasteiger partial charge in [-0.2, -0.15) is 19.0 Å². The summed E-state index contributed by atoms with van der Waals surface area (Å²) in [5.74, 6) is 0. The monoisotopic (exact) mass is 283 g/mol. The SMILES string of the molecule is CCCn1cc(CNCc2ccnn2C(F)F)c(C)n1. The van der Waals surface area contributed by atoms with Crippen LogP contribution in [-0.2, 0) is 19.6 Å². The van der Waals surface area contributed by atoms with Crippen molar-refractivity contribution in [2.75, 3.05) is 0 Å². The van der Waals surface area contributed by atoms with Gasteiger partial charge in [-0.3, -0.25) is 4.68 Å². The van der Waals surface area contributed by atoms with Gasteiger partial charge >= 0.3 is 6.55 Å². The van der Waals surface area contributed by atoms with E-state index >= 15 is 0 Å². The van der Waals surface area contributed by atoms with Crippen molar-refractivity contribution in [3.05, 3.63) is 35.4 Å². The summed E-state index contributed by atoms with van der Waals surface area (Å²) >= 11 is 0. The maximum atomic E-state index is 12.6. The van der Waals surface area contributed by atoms with Gasteiger partial charge in [-0.1, -0.05) is 6.92 Å². The number of aryl methyl sites for hydroxylation is 2. The number of nitrogens with one attached hydrogen (secondary N) is 1. The summed E-state index contributed by atoms with van der Waals surface area (Å²) in [4.78, 5) is 0. The Labute approximate surface area is 116 Å². The van der Waals surface area contributed by atoms with E-state index in [2.05, 4.69) is 22.4 Å². The zero-order chi connectivity index (χ0) is 14.5. The van der Waals surface area contributed by atoms with Crippen molar-refractivity contribution in [3.63, 3.8) is 0 Å². The fourth-order valence-corrected chi connectivity index (χ4v) is 2.06. The predicted molar refractivity (Wildman–Crippen MR) is 71.3 cm³/mol. The number of hydrogen-bond donors (Lipinski definition) is 1. The molecule has 2 aromatic heterocycles. The van der Waals surface area contributed by atoms with E-state index in [0.29, 0.717) is 18.8 Å². The zero-order valence-corrected chi connectivity index (χ0v) is 11.7. The summed E-state index contributed by atoms with van der Waals surface area (Å²) in [5, 5.41) is 11.1. The first kappa shape index (κ1) is 14.6. The summed E-state index contributed by atoms with van der Waals surface area (Å²) in [6, 6.07) is 1.59. The highest BCUT2D eigenvalue weighted by molar-refractivity contribution is 5.15. The van der Waals surface area contributed by atoms with E-state index in [0.717, 1.165) is 28.9 Å². The normalized spacial score (nSPS) is 11.4. The van der Waals surface area contributed by atoms with Crippen LogP contribution in [0.4, 0.5) is 8.78 Å². The molecule has 0 spiro atoms. The molecule has 110 valence electrons. The molecule has 2 heterocycles. The third-order valence-corrected chi connectivity index (χ3v) is 3.06. The number of aromatic nitrogens is 4. The Balaban J connectivity index is 1.91. The van der Waals surface area contributed by atoms with Crippen molar-refractivity contribution in [3.8, 4) is 0 Å². The minimum atomic E-state index is -2.60. The van der Waals surface area contributed by atoms with E-state index in [1.807, 2.05) is 17.8 Å². The van der Waals surface area contributed by atoms with Crippen LogP contribution in [0, 0.1) is 6.92 Å². The largest absolute Gasteiger partial charge is 0.333 e. The lowest BCUT2D eigenvalue weighted by Crippen LogP contribution is -2.17. The second-order valence-electron chi connectivity index (χ2n) is 4.65. The molecule has 0 unspecified atom stereocenters. The Morgan fingerprint density at radius 1 is 1.35 bits per heavy atom. The van der Waals surface area contributed by atoms with E-state index in [-0.39, 0.29) is 0 Å². The average Bonchev–Trinajstić information content (AvgIpc) is 2.98. The Bertz CT molecular complexity index is 547. The van der Waals surface area contributed by atoms with Crippen LogP contribution in [0.2, 0.25) is 0 Å². The van der Waals surface area contributed by atoms with Crippen LogP contribution in [0.1, 0.15) is 36.8 Å². The minimum absolute atomic E-state index is 0.350. The fraction of sp³-hybridized carbons (Fsp3) is 0.538. The lowest BCUT2D eigenvalue weighted by molar-refractivity contribution is 0.0531. The van der Waals surface area contributed by atoms with Gasteiger partial charge in [-0.05, 0) is 19.4 Å². The predicted octanol–water partition coefficient (Wildman–Crippen LogP) is 2.48. The molecule has 2 rings (SSSR count). The van der Waals surface area contributed by atoms with Gasteiger partial charge in [0.1, 0.15) is 0 Å². The highest BCUT2D eigenvalue weighted by atomic mass is 19.3. The standard InChI is InChI=1S/C13H19F2N5/c1-3-6-19-9-11(10(2)18-19)7-16-8-12-4-5-17-20(12)13(14)15/h4-5,9,13,16H,3,6-8H2,1-2H3. The smallest absolute Gasteiger partial charge is 0.307 e. The van der Waals surface area contributed by atoms with Gasteiger partial charge in [0.15, 0.2) is 0 Å². The molecular weight excluding hydrogens is 264 g/mol. The number of rotatable bonds is 7. The molecule has 0 amide bonds. The lowest BCUT2D eigenvalue weighted by atomic mass is 10.2. The third kappa shape index (κ3) is 3.41. The van der Waals surface area contributed by atoms with Crippen molar-refractivity contribution in [1.29, 1.82) is 0 Å². The van der Waals surface area contributed by atoms with Gasteiger partial charge in [0.2, 0.25) is 0 Å². The average molecular weight is 283 g/mol. The first-order valence-corrected chi connectivity index (χ1v) is 6.66. The number of alkyl halides is 2. The van der Waals surface area contributed by atoms with E-state index < -0.39 is 6.55 Å². The summed E-state index contributed by atoms with van der Waals surface area (Å²) < 4.78 is 27.9. The quantitative estimate of drug-likeness (QED) is 0.849. The van der Waals surface area contributed by atoms with E-state index in [9.17, 15) is 8.78 Å². The third-order valence-electron chi connectivity index (χ3n) is 3.06. The van der Waals surface area contributed by atoms with Crippen LogP contribution in [-0.4, -0.2) is 19.6 Å². The molecule has 0 atom stereocenters. The summed E-state index contributed by atoms with van der Waals surface area (Å²) in [6.07, 6.45) is 4.41. The van der Waals surface area contributed by atoms with E-state index in [1.54, 1.807) is 6.07 Å². The Morgan fingerprint density at radius 3 is 2.85 bits per heavy atom. The maximum Gasteiger partial charge on any atom is 0.333 e. The second kappa shape index (κ2) is 6.60. The molecule has 2 aromatic rings. The number of hydrogen-bond acceptors (Lipinski definition) is 3. The number of halogens is 2. The number of nitrogens with zero attached hydrogens (tertiary/aromatic N) is 4. The van der Waals surface area contributed by atoms with Crippen LogP contribution in [0.25, 0.3) is 0 Å². The summed E-state index contributed by atoms with van der Waals surface area (Å²) in [6.45, 7) is 3.29. The van der Waals surface area contributed by atoms with E-state index in [4.69, 9.17) is 0 Å². The van der Waals surface area contributed by atoms with Crippen molar-refractivity contribution in [2.24, 2.45) is 0 Å². The molecule has 0 aliphatic carbocycles. The second-order valence-corrected chi connectivity index (χ2v) is 4.65. The topological polar surface area (TPSA) is 47.7 Å². The lowest BCUT2D eigenvalue weighted by Gasteiger charge is -2.07. The molecule has 0 bridgehead atoms. The Kier molecular flexibility index (Phi) is 4.84. The molecular formula is C13H19F2N5. The summed E-state index contributed by atoms with van der Waals surface area (Å²) in [7, 11) is 0. The molecule has 0 radical (unpaired) electrons. The Morgan fingerprint density at radius 2 is 2.15 bits per heavy atom. The van der Waals surface area contributed by atoms with Crippen molar-refractivity contribution in [1.82, 2.24) is 24.9 Å². The van der Waals surface area contributed by atoms with Gasteiger partial charge in [0, 0.05) is 37.6 Å². The molecule has 0 saturated heterocycles. The van der Waals surface area contributed by atoms with Crippen molar-refractivity contribution in [2.45, 2.75) is 46.5 Å². The Hall–Kier alpha value is -1.76. The van der Waals surface area contributed by atoms with Gasteiger partial charge < -0.3 is 5.32 Å². The molecule has 0 saturated carbocycles. The minimum Gasteiger partial charge on any atom is -0.307 e. The molecule has 0 fully saturated rings. The highest BCUT2D eigenvalue weighted by Gasteiger charge is 2.11. The zero-order valence-electron chi connectivity index (χ0n) is 11.7. The van der Waals surface area contributed by atoms with Crippen LogP contribution in [0.5, 0.6) is 0 Å². The molecule has 20 heavy (non-hydrogen) atoms. The molecule has 7 heteroatoms. The van der Waals surface area contributed by atoms with Gasteiger partial charge in [0.25, 0.3) is 0 Å². The first-order chi connectivity index (χ1) is 9.61. The van der Waals surface area contributed by atoms with Crippen LogP contribution in [0.3, 0.4) is 0 Å². The maximum absolute atomic E-state index is 12.6. The molecule has 1 N–H and O–H groups in total. The van der Waals surface area contributed by atoms with Gasteiger partial charge in [-0.25, -0.2) is 4.68 Å². The highest BCUT2D eigenvalue weighted by Crippen LogP contribution is 2.12. The summed E-state index contributed by atoms with van der Waals surface area (Å²) in [5.41, 5.74) is 2.52. The van der Waals surface area contributed by atoms with Gasteiger partial charge in [0.05, 0.1) is 11.4 Å². The first-order valence-electron chi connectivity index (χ1n) is 6.66. The van der Waals surface area contributed by atoms with Gasteiger partial charge in [-0.15, -0.1) is 0 Å². The van der Waals surface area contributed by atoms with Crippen molar-refractivity contribution >= 4 is 0 Å². The fourth-order valence-electron chi connectivity index (χ4n) is 2.06. The van der Waals surface area contributed by atoms with Crippen LogP contribution < -0.4 is 5.32 Å². The molecule has 5 nitrogen and oxygen atoms in total. The molecule has 0 aliphatic heterocycles. The van der Waals surface area contributed by atoms with Crippen molar-refractivity contribution < 1.29 is 8.78 Å². The van der Waals surface area contributed by atoms with Crippen LogP contribution in [0.15, 0.2) is 18.5 Å². The molecule has 0 aromatic carbocycles. The van der Waals surface area contributed by atoms with E-state index in [1.165, 1.54) is 6.20 Å². The van der Waals surface area contributed by atoms with Crippen LogP contribution >= 0.6 is 0 Å².